The lowest BCUT2D eigenvalue weighted by molar-refractivity contribution is -0.124. The Hall–Kier alpha value is -3.52. The van der Waals surface area contributed by atoms with Crippen molar-refractivity contribution in [1.29, 1.82) is 0 Å². The first kappa shape index (κ1) is 21.7. The lowest BCUT2D eigenvalue weighted by Gasteiger charge is -2.23. The first-order chi connectivity index (χ1) is 15.5. The molecule has 0 aliphatic carbocycles. The number of carbonyl (C=O) groups excluding carboxylic acids is 2. The lowest BCUT2D eigenvalue weighted by atomic mass is 9.97. The number of hydrogen-bond donors (Lipinski definition) is 2. The Balaban J connectivity index is 1.48. The van der Waals surface area contributed by atoms with Gasteiger partial charge in [-0.25, -0.2) is 4.98 Å². The maximum absolute atomic E-state index is 13.0. The van der Waals surface area contributed by atoms with Crippen molar-refractivity contribution in [1.82, 2.24) is 25.2 Å². The van der Waals surface area contributed by atoms with Crippen molar-refractivity contribution < 1.29 is 9.59 Å². The normalized spacial score (nSPS) is 12.9. The summed E-state index contributed by atoms with van der Waals surface area (Å²) in [4.78, 5) is 34.7. The van der Waals surface area contributed by atoms with Crippen LogP contribution < -0.4 is 10.6 Å². The van der Waals surface area contributed by atoms with E-state index in [2.05, 4.69) is 20.6 Å². The Kier molecular flexibility index (Phi) is 6.61. The predicted molar refractivity (Wildman–Crippen MR) is 126 cm³/mol. The zero-order chi connectivity index (χ0) is 22.5. The van der Waals surface area contributed by atoms with E-state index in [0.29, 0.717) is 12.1 Å². The Morgan fingerprint density at radius 1 is 1.12 bits per heavy atom. The highest BCUT2D eigenvalue weighted by Gasteiger charge is 2.26. The number of aromatic nitrogens is 3. The summed E-state index contributed by atoms with van der Waals surface area (Å²) in [5.41, 5.74) is 2.11. The third-order valence-corrected chi connectivity index (χ3v) is 6.45. The highest BCUT2D eigenvalue weighted by atomic mass is 32.1. The molecular weight excluding hydrogens is 422 g/mol. The fourth-order valence-electron chi connectivity index (χ4n) is 3.34. The zero-order valence-corrected chi connectivity index (χ0v) is 18.8. The number of thiazole rings is 1. The number of nitrogens with one attached hydrogen (secondary N) is 2. The average Bonchev–Trinajstić information content (AvgIpc) is 3.50. The van der Waals surface area contributed by atoms with Crippen LogP contribution in [0.4, 0.5) is 0 Å². The number of nitrogens with zero attached hydrogens (tertiary/aromatic N) is 3. The molecule has 0 aliphatic heterocycles. The molecule has 8 heteroatoms. The van der Waals surface area contributed by atoms with E-state index >= 15 is 0 Å². The fourth-order valence-corrected chi connectivity index (χ4v) is 4.31. The van der Waals surface area contributed by atoms with E-state index in [1.165, 1.54) is 11.3 Å². The summed E-state index contributed by atoms with van der Waals surface area (Å²) < 4.78 is 2.86. The molecule has 2 N–H and O–H groups in total. The van der Waals surface area contributed by atoms with Crippen molar-refractivity contribution in [3.05, 3.63) is 78.4 Å². The molecule has 3 heterocycles. The molecule has 2 amide bonds. The van der Waals surface area contributed by atoms with E-state index in [1.54, 1.807) is 12.3 Å². The Labute approximate surface area is 190 Å². The van der Waals surface area contributed by atoms with Crippen LogP contribution in [0.25, 0.3) is 15.3 Å². The molecule has 0 fully saturated rings. The van der Waals surface area contributed by atoms with Gasteiger partial charge in [-0.1, -0.05) is 37.7 Å². The molecule has 2 atom stereocenters. The fraction of sp³-hybridized carbons (Fsp3) is 0.250. The second-order valence-electron chi connectivity index (χ2n) is 7.64. The van der Waals surface area contributed by atoms with E-state index < -0.39 is 6.04 Å². The van der Waals surface area contributed by atoms with E-state index in [9.17, 15) is 9.59 Å². The van der Waals surface area contributed by atoms with Crippen molar-refractivity contribution >= 4 is 33.4 Å². The van der Waals surface area contributed by atoms with Gasteiger partial charge in [-0.05, 0) is 48.4 Å². The monoisotopic (exact) mass is 447 g/mol. The van der Waals surface area contributed by atoms with E-state index in [-0.39, 0.29) is 17.7 Å². The molecular formula is C24H25N5O2S. The number of carbonyl (C=O) groups is 2. The molecule has 1 aromatic carbocycles. The van der Waals surface area contributed by atoms with Crippen LogP contribution in [0, 0.1) is 5.92 Å². The highest BCUT2D eigenvalue weighted by Crippen LogP contribution is 2.26. The highest BCUT2D eigenvalue weighted by molar-refractivity contribution is 7.20. The molecule has 164 valence electrons. The Morgan fingerprint density at radius 3 is 2.66 bits per heavy atom. The minimum Gasteiger partial charge on any atom is -0.349 e. The maximum atomic E-state index is 13.0. The number of pyridine rings is 1. The molecule has 7 nitrogen and oxygen atoms in total. The van der Waals surface area contributed by atoms with E-state index in [0.717, 1.165) is 27.5 Å². The molecule has 0 spiro atoms. The van der Waals surface area contributed by atoms with Gasteiger partial charge in [-0.2, -0.15) is 0 Å². The maximum Gasteiger partial charge on any atom is 0.251 e. The molecule has 32 heavy (non-hydrogen) atoms. The van der Waals surface area contributed by atoms with E-state index in [1.807, 2.05) is 73.3 Å². The van der Waals surface area contributed by atoms with Gasteiger partial charge >= 0.3 is 0 Å². The summed E-state index contributed by atoms with van der Waals surface area (Å²) in [6.07, 6.45) is 6.32. The van der Waals surface area contributed by atoms with Gasteiger partial charge in [0, 0.05) is 24.2 Å². The molecule has 3 aromatic heterocycles. The van der Waals surface area contributed by atoms with Crippen molar-refractivity contribution in [3.63, 3.8) is 0 Å². The molecule has 0 bridgehead atoms. The van der Waals surface area contributed by atoms with Gasteiger partial charge < -0.3 is 15.2 Å². The Bertz CT molecular complexity index is 1200. The van der Waals surface area contributed by atoms with Gasteiger partial charge in [0.05, 0.1) is 22.5 Å². The molecule has 0 saturated carbocycles. The summed E-state index contributed by atoms with van der Waals surface area (Å²) in [6.45, 7) is 4.28. The van der Waals surface area contributed by atoms with Crippen LogP contribution in [0.3, 0.4) is 0 Å². The van der Waals surface area contributed by atoms with Crippen LogP contribution >= 0.6 is 11.3 Å². The predicted octanol–water partition coefficient (Wildman–Crippen LogP) is 3.94. The first-order valence-corrected chi connectivity index (χ1v) is 11.4. The molecule has 4 aromatic rings. The smallest absolute Gasteiger partial charge is 0.251 e. The first-order valence-electron chi connectivity index (χ1n) is 10.6. The third-order valence-electron chi connectivity index (χ3n) is 5.42. The van der Waals surface area contributed by atoms with Gasteiger partial charge in [0.2, 0.25) is 5.91 Å². The van der Waals surface area contributed by atoms with Crippen LogP contribution in [0.15, 0.2) is 67.1 Å². The standard InChI is InChI=1S/C24H25N5O2S/c1-3-16(2)21(23(31)26-15-18-8-4-5-11-25-18)28-22(30)17-9-10-19-20(14-17)32-24(27-19)29-12-6-7-13-29/h4-14,16,21H,3,15H2,1-2H3,(H,26,31)(H,28,30)/t16-,21+/m1/s1. The number of rotatable bonds is 8. The van der Waals surface area contributed by atoms with Gasteiger partial charge in [-0.3, -0.25) is 14.6 Å². The lowest BCUT2D eigenvalue weighted by Crippen LogP contribution is -2.50. The molecule has 0 radical (unpaired) electrons. The van der Waals surface area contributed by atoms with E-state index in [4.69, 9.17) is 0 Å². The number of benzene rings is 1. The zero-order valence-electron chi connectivity index (χ0n) is 18.0. The SMILES string of the molecule is CC[C@@H](C)[C@H](NC(=O)c1ccc2nc(-n3cccc3)sc2c1)C(=O)NCc1ccccn1. The number of hydrogen-bond acceptors (Lipinski definition) is 5. The van der Waals surface area contributed by atoms with Crippen molar-refractivity contribution in [2.75, 3.05) is 0 Å². The second-order valence-corrected chi connectivity index (χ2v) is 8.65. The largest absolute Gasteiger partial charge is 0.349 e. The summed E-state index contributed by atoms with van der Waals surface area (Å²) in [6, 6.07) is 14.2. The third kappa shape index (κ3) is 4.86. The summed E-state index contributed by atoms with van der Waals surface area (Å²) in [7, 11) is 0. The Morgan fingerprint density at radius 2 is 1.94 bits per heavy atom. The van der Waals surface area contributed by atoms with Gasteiger partial charge in [0.15, 0.2) is 5.13 Å². The topological polar surface area (TPSA) is 88.9 Å². The number of fused-ring (bicyclic) bond motifs is 1. The molecule has 4 rings (SSSR count). The summed E-state index contributed by atoms with van der Waals surface area (Å²) in [5.74, 6) is -0.511. The summed E-state index contributed by atoms with van der Waals surface area (Å²) >= 11 is 1.51. The van der Waals surface area contributed by atoms with Crippen LogP contribution in [0.5, 0.6) is 0 Å². The van der Waals surface area contributed by atoms with Crippen molar-refractivity contribution in [3.8, 4) is 5.13 Å². The molecule has 0 saturated heterocycles. The number of amides is 2. The molecule has 0 unspecified atom stereocenters. The minimum atomic E-state index is -0.635. The van der Waals surface area contributed by atoms with Crippen molar-refractivity contribution in [2.45, 2.75) is 32.9 Å². The van der Waals surface area contributed by atoms with Crippen LogP contribution in [0.1, 0.15) is 36.3 Å². The second kappa shape index (κ2) is 9.74. The van der Waals surface area contributed by atoms with Gasteiger partial charge in [0.1, 0.15) is 6.04 Å². The van der Waals surface area contributed by atoms with Gasteiger partial charge in [0.25, 0.3) is 5.91 Å². The minimum absolute atomic E-state index is 0.0184. The summed E-state index contributed by atoms with van der Waals surface area (Å²) in [5, 5.41) is 6.66. The quantitative estimate of drug-likeness (QED) is 0.428. The van der Waals surface area contributed by atoms with Crippen LogP contribution in [0.2, 0.25) is 0 Å². The van der Waals surface area contributed by atoms with Crippen LogP contribution in [-0.2, 0) is 11.3 Å². The van der Waals surface area contributed by atoms with Crippen molar-refractivity contribution in [2.24, 2.45) is 5.92 Å². The average molecular weight is 448 g/mol. The van der Waals surface area contributed by atoms with Crippen LogP contribution in [-0.4, -0.2) is 32.4 Å². The van der Waals surface area contributed by atoms with Gasteiger partial charge in [-0.15, -0.1) is 0 Å². The molecule has 0 aliphatic rings.